The average Bonchev–Trinajstić information content (AvgIpc) is 3.49. The smallest absolute Gasteiger partial charge is 0.271 e. The molecule has 1 saturated heterocycles. The molecule has 2 heterocycles. The van der Waals surface area contributed by atoms with Crippen LogP contribution in [0.15, 0.2) is 35.1 Å². The molecule has 1 aromatic carbocycles. The Morgan fingerprint density at radius 2 is 1.89 bits per heavy atom. The van der Waals surface area contributed by atoms with Crippen LogP contribution < -0.4 is 15.8 Å². The summed E-state index contributed by atoms with van der Waals surface area (Å²) in [6, 6.07) is 9.16. The number of aryl methyl sites for hydroxylation is 1. The molecule has 1 amide bonds. The van der Waals surface area contributed by atoms with E-state index in [2.05, 4.69) is 15.3 Å². The predicted molar refractivity (Wildman–Crippen MR) is 106 cm³/mol. The maximum absolute atomic E-state index is 12.3. The minimum absolute atomic E-state index is 0.0728. The van der Waals surface area contributed by atoms with E-state index in [4.69, 9.17) is 11.6 Å². The Kier molecular flexibility index (Phi) is 4.91. The first-order chi connectivity index (χ1) is 13.0. The first-order valence-corrected chi connectivity index (χ1v) is 9.81. The van der Waals surface area contributed by atoms with Gasteiger partial charge in [-0.05, 0) is 56.4 Å². The molecule has 1 aromatic heterocycles. The number of halogens is 1. The first kappa shape index (κ1) is 18.0. The third kappa shape index (κ3) is 4.00. The number of hydrogen-bond donors (Lipinski definition) is 1. The van der Waals surface area contributed by atoms with Crippen LogP contribution in [0.3, 0.4) is 0 Å². The summed E-state index contributed by atoms with van der Waals surface area (Å²) >= 11 is 6.20. The van der Waals surface area contributed by atoms with Crippen molar-refractivity contribution < 1.29 is 4.79 Å². The molecule has 27 heavy (non-hydrogen) atoms. The molecule has 6 nitrogen and oxygen atoms in total. The van der Waals surface area contributed by atoms with E-state index < -0.39 is 0 Å². The molecule has 7 heteroatoms. The number of carbonyl (C=O) groups is 1. The molecule has 2 aromatic rings. The van der Waals surface area contributed by atoms with Crippen molar-refractivity contribution in [2.45, 2.75) is 38.6 Å². The van der Waals surface area contributed by atoms with Crippen molar-refractivity contribution in [2.75, 3.05) is 18.0 Å². The molecule has 1 aliphatic heterocycles. The largest absolute Gasteiger partial charge is 0.355 e. The molecule has 4 rings (SSSR count). The lowest BCUT2D eigenvalue weighted by molar-refractivity contribution is -0.125. The number of benzene rings is 1. The summed E-state index contributed by atoms with van der Waals surface area (Å²) in [5.41, 5.74) is 1.41. The molecule has 0 bridgehead atoms. The Balaban J connectivity index is 1.49. The molecular formula is C20H23ClN4O2. The van der Waals surface area contributed by atoms with Gasteiger partial charge < -0.3 is 10.2 Å². The first-order valence-electron chi connectivity index (χ1n) is 9.43. The SMILES string of the molecule is Cc1ccc(-n2nc(N3CCC(C(=O)NC4CC4)CC3)ccc2=O)cc1Cl. The van der Waals surface area contributed by atoms with E-state index >= 15 is 0 Å². The standard InChI is InChI=1S/C20H23ClN4O2/c1-13-2-5-16(12-17(13)21)25-19(26)7-6-18(23-25)24-10-8-14(9-11-24)20(27)22-15-3-4-15/h2,5-7,12,14-15H,3-4,8-11H2,1H3,(H,22,27). The molecule has 2 aliphatic rings. The summed E-state index contributed by atoms with van der Waals surface area (Å²) < 4.78 is 1.38. The maximum Gasteiger partial charge on any atom is 0.271 e. The summed E-state index contributed by atoms with van der Waals surface area (Å²) in [7, 11) is 0. The van der Waals surface area contributed by atoms with E-state index in [1.165, 1.54) is 10.7 Å². The molecule has 0 atom stereocenters. The van der Waals surface area contributed by atoms with Gasteiger partial charge >= 0.3 is 0 Å². The summed E-state index contributed by atoms with van der Waals surface area (Å²) in [6.45, 7) is 3.42. The van der Waals surface area contributed by atoms with Crippen molar-refractivity contribution >= 4 is 23.3 Å². The van der Waals surface area contributed by atoms with E-state index in [0.29, 0.717) is 16.8 Å². The number of rotatable bonds is 4. The number of carbonyl (C=O) groups excluding carboxylic acids is 1. The second kappa shape index (κ2) is 7.35. The Labute approximate surface area is 163 Å². The van der Waals surface area contributed by atoms with Crippen LogP contribution >= 0.6 is 11.6 Å². The van der Waals surface area contributed by atoms with E-state index in [1.807, 2.05) is 19.1 Å². The van der Waals surface area contributed by atoms with E-state index in [0.717, 1.165) is 50.2 Å². The normalized spacial score (nSPS) is 17.8. The molecule has 0 radical (unpaired) electrons. The van der Waals surface area contributed by atoms with Crippen LogP contribution in [-0.2, 0) is 4.79 Å². The number of hydrogen-bond acceptors (Lipinski definition) is 4. The van der Waals surface area contributed by atoms with Gasteiger partial charge in [0.05, 0.1) is 5.69 Å². The Bertz CT molecular complexity index is 914. The van der Waals surface area contributed by atoms with Gasteiger partial charge in [0, 0.05) is 36.1 Å². The molecule has 0 unspecified atom stereocenters. The Hall–Kier alpha value is -2.34. The summed E-state index contributed by atoms with van der Waals surface area (Å²) in [5.74, 6) is 1.00. The van der Waals surface area contributed by atoms with Gasteiger partial charge in [-0.3, -0.25) is 9.59 Å². The minimum atomic E-state index is -0.197. The van der Waals surface area contributed by atoms with Crippen LogP contribution in [0.5, 0.6) is 0 Å². The Morgan fingerprint density at radius 1 is 1.15 bits per heavy atom. The summed E-state index contributed by atoms with van der Waals surface area (Å²) in [6.07, 6.45) is 3.82. The lowest BCUT2D eigenvalue weighted by Gasteiger charge is -2.32. The number of nitrogens with zero attached hydrogens (tertiary/aromatic N) is 3. The number of nitrogens with one attached hydrogen (secondary N) is 1. The fraction of sp³-hybridized carbons (Fsp3) is 0.450. The highest BCUT2D eigenvalue weighted by molar-refractivity contribution is 6.31. The van der Waals surface area contributed by atoms with Gasteiger partial charge in [0.25, 0.3) is 5.56 Å². The minimum Gasteiger partial charge on any atom is -0.355 e. The molecule has 1 N–H and O–H groups in total. The van der Waals surface area contributed by atoms with E-state index in [1.54, 1.807) is 12.1 Å². The maximum atomic E-state index is 12.3. The average molecular weight is 387 g/mol. The van der Waals surface area contributed by atoms with Crippen molar-refractivity contribution in [1.29, 1.82) is 0 Å². The van der Waals surface area contributed by atoms with Crippen LogP contribution in [0.4, 0.5) is 5.82 Å². The molecule has 142 valence electrons. The molecule has 1 aliphatic carbocycles. The second-order valence-electron chi connectivity index (χ2n) is 7.42. The van der Waals surface area contributed by atoms with Gasteiger partial charge in [0.15, 0.2) is 0 Å². The topological polar surface area (TPSA) is 67.2 Å². The number of amides is 1. The molecule has 2 fully saturated rings. The summed E-state index contributed by atoms with van der Waals surface area (Å²) in [4.78, 5) is 26.7. The van der Waals surface area contributed by atoms with Gasteiger partial charge in [-0.15, -0.1) is 5.10 Å². The van der Waals surface area contributed by atoms with Gasteiger partial charge in [-0.2, -0.15) is 4.68 Å². The van der Waals surface area contributed by atoms with Crippen molar-refractivity contribution in [3.8, 4) is 5.69 Å². The van der Waals surface area contributed by atoms with Gasteiger partial charge in [0.1, 0.15) is 5.82 Å². The highest BCUT2D eigenvalue weighted by atomic mass is 35.5. The van der Waals surface area contributed by atoms with Crippen molar-refractivity contribution in [1.82, 2.24) is 15.1 Å². The quantitative estimate of drug-likeness (QED) is 0.877. The van der Waals surface area contributed by atoms with Gasteiger partial charge in [-0.1, -0.05) is 17.7 Å². The number of aromatic nitrogens is 2. The summed E-state index contributed by atoms with van der Waals surface area (Å²) in [5, 5.41) is 8.24. The van der Waals surface area contributed by atoms with E-state index in [-0.39, 0.29) is 17.4 Å². The van der Waals surface area contributed by atoms with E-state index in [9.17, 15) is 9.59 Å². The third-order valence-corrected chi connectivity index (χ3v) is 5.71. The second-order valence-corrected chi connectivity index (χ2v) is 7.83. The highest BCUT2D eigenvalue weighted by Crippen LogP contribution is 2.25. The molecule has 0 spiro atoms. The third-order valence-electron chi connectivity index (χ3n) is 5.30. The lowest BCUT2D eigenvalue weighted by Crippen LogP contribution is -2.42. The van der Waals surface area contributed by atoms with Crippen molar-refractivity contribution in [2.24, 2.45) is 5.92 Å². The van der Waals surface area contributed by atoms with Crippen LogP contribution in [0.25, 0.3) is 5.69 Å². The lowest BCUT2D eigenvalue weighted by atomic mass is 9.96. The van der Waals surface area contributed by atoms with Crippen LogP contribution in [0.2, 0.25) is 5.02 Å². The van der Waals surface area contributed by atoms with Crippen LogP contribution in [0, 0.1) is 12.8 Å². The van der Waals surface area contributed by atoms with Crippen molar-refractivity contribution in [3.05, 3.63) is 51.3 Å². The van der Waals surface area contributed by atoms with Gasteiger partial charge in [-0.25, -0.2) is 0 Å². The zero-order valence-electron chi connectivity index (χ0n) is 15.3. The predicted octanol–water partition coefficient (Wildman–Crippen LogP) is 2.69. The molecule has 1 saturated carbocycles. The highest BCUT2D eigenvalue weighted by Gasteiger charge is 2.30. The van der Waals surface area contributed by atoms with Gasteiger partial charge in [0.2, 0.25) is 5.91 Å². The zero-order chi connectivity index (χ0) is 19.0. The zero-order valence-corrected chi connectivity index (χ0v) is 16.1. The monoisotopic (exact) mass is 386 g/mol. The number of anilines is 1. The molecular weight excluding hydrogens is 364 g/mol. The fourth-order valence-electron chi connectivity index (χ4n) is 3.39. The fourth-order valence-corrected chi connectivity index (χ4v) is 3.56. The Morgan fingerprint density at radius 3 is 2.56 bits per heavy atom. The van der Waals surface area contributed by atoms with Crippen LogP contribution in [-0.4, -0.2) is 34.8 Å². The number of piperidine rings is 1. The van der Waals surface area contributed by atoms with Crippen molar-refractivity contribution in [3.63, 3.8) is 0 Å². The van der Waals surface area contributed by atoms with Crippen LogP contribution in [0.1, 0.15) is 31.2 Å².